The first-order valence-corrected chi connectivity index (χ1v) is 13.4. The average molecular weight is 508 g/mol. The fourth-order valence-corrected chi connectivity index (χ4v) is 4.43. The summed E-state index contributed by atoms with van der Waals surface area (Å²) >= 11 is 0. The Morgan fingerprint density at radius 3 is 2.40 bits per heavy atom. The SMILES string of the molecule is CCOC(=O)N1CCC(Oc2ccc(NS(=O)(=O)CC)cc2-c2cn(C)c(=O)cc2OCC)CC1. The molecule has 35 heavy (non-hydrogen) atoms. The first-order valence-electron chi connectivity index (χ1n) is 11.7. The number of aryl methyl sites for hydroxylation is 1. The van der Waals surface area contributed by atoms with E-state index in [1.807, 2.05) is 6.92 Å². The normalized spacial score (nSPS) is 14.5. The number of likely N-dealkylation sites (tertiary alicyclic amines) is 1. The highest BCUT2D eigenvalue weighted by molar-refractivity contribution is 7.92. The van der Waals surface area contributed by atoms with Crippen LogP contribution < -0.4 is 19.8 Å². The maximum atomic E-state index is 12.2. The fraction of sp³-hybridized carbons (Fsp3) is 0.500. The van der Waals surface area contributed by atoms with Gasteiger partial charge in [-0.05, 0) is 39.0 Å². The number of sulfonamides is 1. The lowest BCUT2D eigenvalue weighted by atomic mass is 10.0. The summed E-state index contributed by atoms with van der Waals surface area (Å²) in [6.07, 6.45) is 2.41. The molecule has 1 aliphatic rings. The van der Waals surface area contributed by atoms with E-state index in [2.05, 4.69) is 4.72 Å². The molecule has 2 heterocycles. The van der Waals surface area contributed by atoms with E-state index in [4.69, 9.17) is 14.2 Å². The Kier molecular flexibility index (Phi) is 8.66. The van der Waals surface area contributed by atoms with E-state index in [1.54, 1.807) is 50.2 Å². The molecular weight excluding hydrogens is 474 g/mol. The van der Waals surface area contributed by atoms with Gasteiger partial charge >= 0.3 is 6.09 Å². The van der Waals surface area contributed by atoms with Crippen LogP contribution in [0.15, 0.2) is 35.3 Å². The summed E-state index contributed by atoms with van der Waals surface area (Å²) in [5, 5.41) is 0. The van der Waals surface area contributed by atoms with Gasteiger partial charge in [0.1, 0.15) is 17.6 Å². The Morgan fingerprint density at radius 2 is 1.77 bits per heavy atom. The van der Waals surface area contributed by atoms with Crippen molar-refractivity contribution in [2.75, 3.05) is 36.8 Å². The van der Waals surface area contributed by atoms with Crippen LogP contribution in [0.4, 0.5) is 10.5 Å². The van der Waals surface area contributed by atoms with Gasteiger partial charge in [0.05, 0.1) is 19.0 Å². The number of piperidine rings is 1. The van der Waals surface area contributed by atoms with Crippen LogP contribution in [0.25, 0.3) is 11.1 Å². The molecule has 0 bridgehead atoms. The Balaban J connectivity index is 1.96. The number of benzene rings is 1. The van der Waals surface area contributed by atoms with Gasteiger partial charge < -0.3 is 23.7 Å². The van der Waals surface area contributed by atoms with Crippen molar-refractivity contribution in [2.45, 2.75) is 39.7 Å². The quantitative estimate of drug-likeness (QED) is 0.554. The molecule has 0 spiro atoms. The summed E-state index contributed by atoms with van der Waals surface area (Å²) in [7, 11) is -1.86. The summed E-state index contributed by atoms with van der Waals surface area (Å²) in [6, 6.07) is 6.44. The second-order valence-corrected chi connectivity index (χ2v) is 10.2. The molecule has 0 atom stereocenters. The molecule has 0 saturated carbocycles. The summed E-state index contributed by atoms with van der Waals surface area (Å²) in [5.74, 6) is 0.843. The fourth-order valence-electron chi connectivity index (χ4n) is 3.80. The largest absolute Gasteiger partial charge is 0.493 e. The van der Waals surface area contributed by atoms with Crippen LogP contribution >= 0.6 is 0 Å². The van der Waals surface area contributed by atoms with Crippen LogP contribution in [0.5, 0.6) is 11.5 Å². The average Bonchev–Trinajstić information content (AvgIpc) is 2.83. The van der Waals surface area contributed by atoms with E-state index in [9.17, 15) is 18.0 Å². The lowest BCUT2D eigenvalue weighted by molar-refractivity contribution is 0.0705. The van der Waals surface area contributed by atoms with Crippen LogP contribution in [-0.2, 0) is 21.8 Å². The van der Waals surface area contributed by atoms with Gasteiger partial charge in [0.15, 0.2) is 0 Å². The summed E-state index contributed by atoms with van der Waals surface area (Å²) < 4.78 is 45.5. The maximum Gasteiger partial charge on any atom is 0.409 e. The highest BCUT2D eigenvalue weighted by atomic mass is 32.2. The second-order valence-electron chi connectivity index (χ2n) is 8.15. The third kappa shape index (κ3) is 6.68. The van der Waals surface area contributed by atoms with Crippen molar-refractivity contribution in [3.8, 4) is 22.6 Å². The Bertz CT molecular complexity index is 1200. The number of hydrogen-bond donors (Lipinski definition) is 1. The van der Waals surface area contributed by atoms with Gasteiger partial charge in [0.2, 0.25) is 10.0 Å². The number of aromatic nitrogens is 1. The Labute approximate surface area is 205 Å². The number of anilines is 1. The van der Waals surface area contributed by atoms with Gasteiger partial charge in [0, 0.05) is 62.1 Å². The van der Waals surface area contributed by atoms with Crippen molar-refractivity contribution in [3.05, 3.63) is 40.8 Å². The van der Waals surface area contributed by atoms with Crippen molar-refractivity contribution in [2.24, 2.45) is 7.05 Å². The number of rotatable bonds is 9. The molecule has 0 radical (unpaired) electrons. The monoisotopic (exact) mass is 507 g/mol. The molecule has 1 aromatic carbocycles. The standard InChI is InChI=1S/C24H33N3O7S/c1-5-32-22-15-23(28)26(4)16-20(22)19-14-17(25-35(30,31)7-3)8-9-21(19)34-18-10-12-27(13-11-18)24(29)33-6-2/h8-9,14-16,18,25H,5-7,10-13H2,1-4H3. The van der Waals surface area contributed by atoms with Crippen molar-refractivity contribution >= 4 is 21.8 Å². The van der Waals surface area contributed by atoms with Crippen molar-refractivity contribution in [3.63, 3.8) is 0 Å². The second kappa shape index (κ2) is 11.5. The van der Waals surface area contributed by atoms with Crippen LogP contribution in [0.1, 0.15) is 33.6 Å². The van der Waals surface area contributed by atoms with Crippen molar-refractivity contribution < 1.29 is 27.4 Å². The number of ether oxygens (including phenoxy) is 3. The van der Waals surface area contributed by atoms with Crippen LogP contribution in [0, 0.1) is 0 Å². The number of carbonyl (C=O) groups excluding carboxylic acids is 1. The zero-order valence-corrected chi connectivity index (χ0v) is 21.4. The van der Waals surface area contributed by atoms with Crippen molar-refractivity contribution in [1.29, 1.82) is 0 Å². The third-order valence-electron chi connectivity index (χ3n) is 5.68. The number of carbonyl (C=O) groups is 1. The molecule has 1 fully saturated rings. The van der Waals surface area contributed by atoms with Gasteiger partial charge in [0.25, 0.3) is 5.56 Å². The van der Waals surface area contributed by atoms with E-state index in [1.165, 1.54) is 10.6 Å². The van der Waals surface area contributed by atoms with Gasteiger partial charge in [-0.3, -0.25) is 9.52 Å². The zero-order valence-electron chi connectivity index (χ0n) is 20.6. The minimum Gasteiger partial charge on any atom is -0.493 e. The van der Waals surface area contributed by atoms with Crippen molar-refractivity contribution in [1.82, 2.24) is 9.47 Å². The number of amides is 1. The molecule has 192 valence electrons. The number of pyridine rings is 1. The Hall–Kier alpha value is -3.21. The van der Waals surface area contributed by atoms with E-state index in [0.29, 0.717) is 67.5 Å². The zero-order chi connectivity index (χ0) is 25.6. The topological polar surface area (TPSA) is 116 Å². The van der Waals surface area contributed by atoms with Gasteiger partial charge in [-0.1, -0.05) is 0 Å². The lowest BCUT2D eigenvalue weighted by Gasteiger charge is -2.32. The first kappa shape index (κ1) is 26.4. The molecule has 1 aliphatic heterocycles. The summed E-state index contributed by atoms with van der Waals surface area (Å²) in [6.45, 7) is 6.86. The molecule has 0 aliphatic carbocycles. The number of hydrogen-bond acceptors (Lipinski definition) is 7. The van der Waals surface area contributed by atoms with E-state index in [0.717, 1.165) is 0 Å². The highest BCUT2D eigenvalue weighted by Crippen LogP contribution is 2.39. The molecule has 3 rings (SSSR count). The number of nitrogens with one attached hydrogen (secondary N) is 1. The molecule has 1 saturated heterocycles. The predicted octanol–water partition coefficient (Wildman–Crippen LogP) is 3.21. The maximum absolute atomic E-state index is 12.2. The van der Waals surface area contributed by atoms with Gasteiger partial charge in [-0.15, -0.1) is 0 Å². The van der Waals surface area contributed by atoms with Crippen LogP contribution in [0.3, 0.4) is 0 Å². The summed E-state index contributed by atoms with van der Waals surface area (Å²) in [4.78, 5) is 25.9. The molecule has 1 N–H and O–H groups in total. The van der Waals surface area contributed by atoms with Gasteiger partial charge in [-0.25, -0.2) is 13.2 Å². The molecule has 1 aromatic heterocycles. The lowest BCUT2D eigenvalue weighted by Crippen LogP contribution is -2.42. The van der Waals surface area contributed by atoms with E-state index in [-0.39, 0.29) is 23.5 Å². The van der Waals surface area contributed by atoms with Crippen LogP contribution in [0.2, 0.25) is 0 Å². The Morgan fingerprint density at radius 1 is 1.06 bits per heavy atom. The van der Waals surface area contributed by atoms with Gasteiger partial charge in [-0.2, -0.15) is 0 Å². The first-order chi connectivity index (χ1) is 16.7. The predicted molar refractivity (Wildman–Crippen MR) is 134 cm³/mol. The van der Waals surface area contributed by atoms with E-state index < -0.39 is 10.0 Å². The molecule has 10 nitrogen and oxygen atoms in total. The minimum atomic E-state index is -3.49. The van der Waals surface area contributed by atoms with Crippen LogP contribution in [-0.4, -0.2) is 62.1 Å². The molecule has 0 unspecified atom stereocenters. The molecule has 1 amide bonds. The minimum absolute atomic E-state index is 0.0658. The highest BCUT2D eigenvalue weighted by Gasteiger charge is 2.26. The smallest absolute Gasteiger partial charge is 0.409 e. The van der Waals surface area contributed by atoms with E-state index >= 15 is 0 Å². The third-order valence-corrected chi connectivity index (χ3v) is 6.98. The number of nitrogens with zero attached hydrogens (tertiary/aromatic N) is 2. The molecular formula is C24H33N3O7S. The molecule has 11 heteroatoms. The molecule has 2 aromatic rings. The summed E-state index contributed by atoms with van der Waals surface area (Å²) in [5.41, 5.74) is 1.34.